The lowest BCUT2D eigenvalue weighted by Crippen LogP contribution is -2.38. The lowest BCUT2D eigenvalue weighted by molar-refractivity contribution is -0.127. The summed E-state index contributed by atoms with van der Waals surface area (Å²) in [6, 6.07) is 4.85. The molecule has 0 saturated carbocycles. The van der Waals surface area contributed by atoms with E-state index in [2.05, 4.69) is 16.0 Å². The van der Waals surface area contributed by atoms with Gasteiger partial charge in [0.05, 0.1) is 17.8 Å². The fourth-order valence-electron chi connectivity index (χ4n) is 2.12. The van der Waals surface area contributed by atoms with Gasteiger partial charge in [-0.2, -0.15) is 0 Å². The zero-order valence-corrected chi connectivity index (χ0v) is 15.2. The van der Waals surface area contributed by atoms with Crippen LogP contribution in [0.5, 0.6) is 0 Å². The molecule has 1 aromatic rings. The van der Waals surface area contributed by atoms with Crippen LogP contribution >= 0.6 is 11.8 Å². The van der Waals surface area contributed by atoms with Crippen molar-refractivity contribution < 1.29 is 23.9 Å². The Morgan fingerprint density at radius 3 is 2.81 bits per heavy atom. The summed E-state index contributed by atoms with van der Waals surface area (Å²) in [6.45, 7) is 1.80. The van der Waals surface area contributed by atoms with Gasteiger partial charge in [-0.05, 0) is 24.6 Å². The third-order valence-electron chi connectivity index (χ3n) is 3.43. The molecule has 1 heterocycles. The summed E-state index contributed by atoms with van der Waals surface area (Å²) in [5.41, 5.74) is 0.795. The number of rotatable bonds is 7. The molecule has 140 valence electrons. The van der Waals surface area contributed by atoms with Crippen LogP contribution in [0.25, 0.3) is 0 Å². The Hall–Kier alpha value is -2.55. The minimum Gasteiger partial charge on any atom is -0.452 e. The fourth-order valence-corrected chi connectivity index (χ4v) is 3.06. The van der Waals surface area contributed by atoms with Crippen LogP contribution in [0.2, 0.25) is 0 Å². The maximum Gasteiger partial charge on any atom is 0.338 e. The number of hydrogen-bond donors (Lipinski definition) is 3. The monoisotopic (exact) mass is 379 g/mol. The molecule has 0 saturated heterocycles. The van der Waals surface area contributed by atoms with E-state index in [4.69, 9.17) is 4.74 Å². The Balaban J connectivity index is 1.83. The highest BCUT2D eigenvalue weighted by atomic mass is 32.2. The Labute approximate surface area is 155 Å². The van der Waals surface area contributed by atoms with Crippen molar-refractivity contribution >= 4 is 41.1 Å². The van der Waals surface area contributed by atoms with Crippen molar-refractivity contribution in [2.75, 3.05) is 30.8 Å². The van der Waals surface area contributed by atoms with Crippen LogP contribution in [-0.2, 0) is 19.1 Å². The summed E-state index contributed by atoms with van der Waals surface area (Å²) in [5, 5.41) is 7.73. The van der Waals surface area contributed by atoms with Gasteiger partial charge in [0, 0.05) is 23.6 Å². The van der Waals surface area contributed by atoms with Gasteiger partial charge in [-0.25, -0.2) is 4.79 Å². The molecule has 26 heavy (non-hydrogen) atoms. The molecular formula is C17H21N3O5S. The molecule has 0 fully saturated rings. The summed E-state index contributed by atoms with van der Waals surface area (Å²) < 4.78 is 4.95. The van der Waals surface area contributed by atoms with Crippen LogP contribution < -0.4 is 16.0 Å². The zero-order chi connectivity index (χ0) is 18.9. The molecule has 0 aliphatic carbocycles. The molecule has 8 nitrogen and oxygen atoms in total. The summed E-state index contributed by atoms with van der Waals surface area (Å²) in [7, 11) is 0. The number of hydrogen-bond acceptors (Lipinski definition) is 6. The van der Waals surface area contributed by atoms with Gasteiger partial charge in [0.1, 0.15) is 0 Å². The van der Waals surface area contributed by atoms with E-state index in [-0.39, 0.29) is 23.9 Å². The minimum atomic E-state index is -0.679. The topological polar surface area (TPSA) is 114 Å². The van der Waals surface area contributed by atoms with E-state index in [1.54, 1.807) is 12.1 Å². The average Bonchev–Trinajstić information content (AvgIpc) is 2.82. The van der Waals surface area contributed by atoms with Gasteiger partial charge >= 0.3 is 5.97 Å². The number of anilines is 1. The predicted molar refractivity (Wildman–Crippen MR) is 97.0 cm³/mol. The van der Waals surface area contributed by atoms with Crippen LogP contribution in [0.3, 0.4) is 0 Å². The number of esters is 1. The van der Waals surface area contributed by atoms with Gasteiger partial charge in [-0.15, -0.1) is 11.8 Å². The van der Waals surface area contributed by atoms with Crippen molar-refractivity contribution in [3.05, 3.63) is 23.8 Å². The number of carbonyl (C=O) groups excluding carboxylic acids is 4. The van der Waals surface area contributed by atoms with E-state index in [0.29, 0.717) is 24.4 Å². The molecule has 1 aliphatic rings. The largest absolute Gasteiger partial charge is 0.452 e. The first-order chi connectivity index (χ1) is 12.5. The van der Waals surface area contributed by atoms with Crippen LogP contribution in [0, 0.1) is 0 Å². The van der Waals surface area contributed by atoms with Crippen molar-refractivity contribution in [3.8, 4) is 0 Å². The first-order valence-electron chi connectivity index (χ1n) is 8.27. The third kappa shape index (κ3) is 6.07. The number of thioether (sulfide) groups is 1. The number of ether oxygens (including phenoxy) is 1. The molecule has 9 heteroatoms. The highest BCUT2D eigenvalue weighted by Crippen LogP contribution is 2.31. The van der Waals surface area contributed by atoms with Crippen molar-refractivity contribution in [3.63, 3.8) is 0 Å². The van der Waals surface area contributed by atoms with Gasteiger partial charge in [-0.1, -0.05) is 6.92 Å². The normalized spacial score (nSPS) is 13.0. The fraction of sp³-hybridized carbons (Fsp3) is 0.412. The summed E-state index contributed by atoms with van der Waals surface area (Å²) in [5.74, 6) is -0.979. The van der Waals surface area contributed by atoms with Gasteiger partial charge in [-0.3, -0.25) is 14.4 Å². The molecule has 0 aromatic heterocycles. The van der Waals surface area contributed by atoms with Crippen LogP contribution in [0.1, 0.15) is 30.1 Å². The highest BCUT2D eigenvalue weighted by molar-refractivity contribution is 7.99. The molecule has 1 aliphatic heterocycles. The van der Waals surface area contributed by atoms with Crippen LogP contribution in [-0.4, -0.2) is 49.1 Å². The smallest absolute Gasteiger partial charge is 0.338 e. The summed E-state index contributed by atoms with van der Waals surface area (Å²) in [4.78, 5) is 47.6. The minimum absolute atomic E-state index is 0.109. The van der Waals surface area contributed by atoms with Crippen molar-refractivity contribution in [2.24, 2.45) is 0 Å². The molecule has 3 amide bonds. The molecule has 0 spiro atoms. The second kappa shape index (κ2) is 9.81. The molecule has 0 unspecified atom stereocenters. The van der Waals surface area contributed by atoms with Crippen molar-refractivity contribution in [1.82, 2.24) is 10.6 Å². The van der Waals surface area contributed by atoms with Gasteiger partial charge in [0.15, 0.2) is 6.61 Å². The Bertz CT molecular complexity index is 708. The van der Waals surface area contributed by atoms with E-state index in [1.165, 1.54) is 17.8 Å². The lowest BCUT2D eigenvalue weighted by atomic mass is 10.2. The predicted octanol–water partition coefficient (Wildman–Crippen LogP) is 0.920. The Morgan fingerprint density at radius 2 is 2.04 bits per heavy atom. The van der Waals surface area contributed by atoms with E-state index in [0.717, 1.165) is 11.3 Å². The van der Waals surface area contributed by atoms with Gasteiger partial charge in [0.2, 0.25) is 11.8 Å². The molecule has 0 bridgehead atoms. The standard InChI is InChI=1S/C17H21N3O5S/c1-2-6-18-15(22)9-19-16(23)10-25-17(24)11-3-4-13-12(8-11)20-14(21)5-7-26-13/h3-4,8H,2,5-7,9-10H2,1H3,(H,18,22)(H,19,23)(H,20,21). The van der Waals surface area contributed by atoms with Gasteiger partial charge < -0.3 is 20.7 Å². The first kappa shape index (κ1) is 19.8. The number of nitrogens with one attached hydrogen (secondary N) is 3. The van der Waals surface area contributed by atoms with E-state index >= 15 is 0 Å². The van der Waals surface area contributed by atoms with Crippen LogP contribution in [0.15, 0.2) is 23.1 Å². The lowest BCUT2D eigenvalue weighted by Gasteiger charge is -2.09. The van der Waals surface area contributed by atoms with Crippen molar-refractivity contribution in [2.45, 2.75) is 24.7 Å². The molecule has 0 atom stereocenters. The molecule has 2 rings (SSSR count). The van der Waals surface area contributed by atoms with E-state index in [9.17, 15) is 19.2 Å². The molecule has 1 aromatic carbocycles. The Kier molecular flexibility index (Phi) is 7.46. The number of benzene rings is 1. The zero-order valence-electron chi connectivity index (χ0n) is 14.4. The number of fused-ring (bicyclic) bond motifs is 1. The van der Waals surface area contributed by atoms with E-state index in [1.807, 2.05) is 6.92 Å². The summed E-state index contributed by atoms with van der Waals surface area (Å²) in [6.07, 6.45) is 1.21. The SMILES string of the molecule is CCCNC(=O)CNC(=O)COC(=O)c1ccc2c(c1)NC(=O)CCS2. The van der Waals surface area contributed by atoms with Gasteiger partial charge in [0.25, 0.3) is 5.91 Å². The summed E-state index contributed by atoms with van der Waals surface area (Å²) >= 11 is 1.53. The second-order valence-corrected chi connectivity index (χ2v) is 6.70. The number of amides is 3. The average molecular weight is 379 g/mol. The Morgan fingerprint density at radius 1 is 1.23 bits per heavy atom. The third-order valence-corrected chi connectivity index (χ3v) is 4.50. The molecule has 3 N–H and O–H groups in total. The molecular weight excluding hydrogens is 358 g/mol. The van der Waals surface area contributed by atoms with Crippen LogP contribution in [0.4, 0.5) is 5.69 Å². The van der Waals surface area contributed by atoms with E-state index < -0.39 is 18.5 Å². The second-order valence-electron chi connectivity index (χ2n) is 5.56. The maximum absolute atomic E-state index is 12.1. The number of carbonyl (C=O) groups is 4. The highest BCUT2D eigenvalue weighted by Gasteiger charge is 2.17. The molecule has 0 radical (unpaired) electrons. The first-order valence-corrected chi connectivity index (χ1v) is 9.25. The maximum atomic E-state index is 12.1. The quantitative estimate of drug-likeness (QED) is 0.607. The van der Waals surface area contributed by atoms with Crippen molar-refractivity contribution in [1.29, 1.82) is 0 Å².